The van der Waals surface area contributed by atoms with Crippen LogP contribution in [0.2, 0.25) is 0 Å². The highest BCUT2D eigenvalue weighted by molar-refractivity contribution is 5.81. The van der Waals surface area contributed by atoms with Crippen LogP contribution in [-0.4, -0.2) is 32.8 Å². The molecule has 3 N–H and O–H groups in total. The molecule has 0 aliphatic heterocycles. The maximum absolute atomic E-state index is 12.0. The highest BCUT2D eigenvalue weighted by Crippen LogP contribution is 2.26. The minimum absolute atomic E-state index is 0.161. The molecule has 0 aliphatic carbocycles. The summed E-state index contributed by atoms with van der Waals surface area (Å²) in [4.78, 5) is 12.0. The lowest BCUT2D eigenvalue weighted by Gasteiger charge is -2.20. The SMILES string of the molecule is COCCC(N)C(=O)NC(C)c1cc(C)ccc1OC. The second-order valence-corrected chi connectivity index (χ2v) is 4.86. The molecule has 0 fully saturated rings. The Labute approximate surface area is 120 Å². The molecular weight excluding hydrogens is 256 g/mol. The van der Waals surface area contributed by atoms with Crippen molar-refractivity contribution in [2.45, 2.75) is 32.4 Å². The predicted molar refractivity (Wildman–Crippen MR) is 78.8 cm³/mol. The third kappa shape index (κ3) is 4.51. The quantitative estimate of drug-likeness (QED) is 0.794. The third-order valence-electron chi connectivity index (χ3n) is 3.18. The zero-order valence-corrected chi connectivity index (χ0v) is 12.6. The van der Waals surface area contributed by atoms with Gasteiger partial charge < -0.3 is 20.5 Å². The summed E-state index contributed by atoms with van der Waals surface area (Å²) in [7, 11) is 3.21. The van der Waals surface area contributed by atoms with E-state index in [0.29, 0.717) is 13.0 Å². The number of ether oxygens (including phenoxy) is 2. The van der Waals surface area contributed by atoms with Crippen LogP contribution < -0.4 is 15.8 Å². The molecule has 0 heterocycles. The van der Waals surface area contributed by atoms with Crippen LogP contribution in [0.5, 0.6) is 5.75 Å². The van der Waals surface area contributed by atoms with Gasteiger partial charge in [-0.3, -0.25) is 4.79 Å². The smallest absolute Gasteiger partial charge is 0.237 e. The predicted octanol–water partition coefficient (Wildman–Crippen LogP) is 1.54. The van der Waals surface area contributed by atoms with Crippen molar-refractivity contribution in [2.75, 3.05) is 20.8 Å². The standard InChI is InChI=1S/C15H24N2O3/c1-10-5-6-14(20-4)12(9-10)11(2)17-15(18)13(16)7-8-19-3/h5-6,9,11,13H,7-8,16H2,1-4H3,(H,17,18). The summed E-state index contributed by atoms with van der Waals surface area (Å²) >= 11 is 0. The number of nitrogens with two attached hydrogens (primary N) is 1. The Hall–Kier alpha value is -1.59. The van der Waals surface area contributed by atoms with Crippen molar-refractivity contribution in [3.63, 3.8) is 0 Å². The molecule has 0 bridgehead atoms. The molecule has 0 aliphatic rings. The number of rotatable bonds is 7. The Balaban J connectivity index is 2.73. The Morgan fingerprint density at radius 2 is 2.10 bits per heavy atom. The van der Waals surface area contributed by atoms with Crippen LogP contribution in [0.4, 0.5) is 0 Å². The fourth-order valence-corrected chi connectivity index (χ4v) is 1.97. The molecule has 2 atom stereocenters. The Morgan fingerprint density at radius 1 is 1.40 bits per heavy atom. The van der Waals surface area contributed by atoms with Gasteiger partial charge in [0.25, 0.3) is 0 Å². The van der Waals surface area contributed by atoms with Gasteiger partial charge in [-0.25, -0.2) is 0 Å². The van der Waals surface area contributed by atoms with E-state index in [4.69, 9.17) is 15.2 Å². The van der Waals surface area contributed by atoms with Crippen molar-refractivity contribution in [2.24, 2.45) is 5.73 Å². The van der Waals surface area contributed by atoms with Crippen molar-refractivity contribution in [1.82, 2.24) is 5.32 Å². The van der Waals surface area contributed by atoms with E-state index in [1.807, 2.05) is 32.0 Å². The lowest BCUT2D eigenvalue weighted by molar-refractivity contribution is -0.123. The summed E-state index contributed by atoms with van der Waals surface area (Å²) < 4.78 is 10.3. The number of benzene rings is 1. The van der Waals surface area contributed by atoms with Crippen molar-refractivity contribution in [1.29, 1.82) is 0 Å². The molecule has 0 aromatic heterocycles. The second kappa shape index (κ2) is 7.87. The molecule has 0 radical (unpaired) electrons. The van der Waals surface area contributed by atoms with Gasteiger partial charge in [-0.05, 0) is 26.3 Å². The first-order chi connectivity index (χ1) is 9.49. The van der Waals surface area contributed by atoms with E-state index in [2.05, 4.69) is 5.32 Å². The number of hydrogen-bond acceptors (Lipinski definition) is 4. The van der Waals surface area contributed by atoms with Crippen LogP contribution in [0.25, 0.3) is 0 Å². The van der Waals surface area contributed by atoms with Gasteiger partial charge in [0.05, 0.1) is 19.2 Å². The van der Waals surface area contributed by atoms with Crippen LogP contribution in [0.3, 0.4) is 0 Å². The zero-order valence-electron chi connectivity index (χ0n) is 12.6. The van der Waals surface area contributed by atoms with Crippen LogP contribution in [0.15, 0.2) is 18.2 Å². The summed E-state index contributed by atoms with van der Waals surface area (Å²) in [5, 5.41) is 2.91. The summed E-state index contributed by atoms with van der Waals surface area (Å²) in [6, 6.07) is 5.16. The minimum atomic E-state index is -0.562. The number of nitrogens with one attached hydrogen (secondary N) is 1. The first-order valence-electron chi connectivity index (χ1n) is 6.69. The average molecular weight is 280 g/mol. The van der Waals surface area contributed by atoms with E-state index < -0.39 is 6.04 Å². The number of hydrogen-bond donors (Lipinski definition) is 2. The normalized spacial score (nSPS) is 13.7. The lowest BCUT2D eigenvalue weighted by Crippen LogP contribution is -2.42. The molecule has 1 aromatic rings. The molecule has 1 aromatic carbocycles. The van der Waals surface area contributed by atoms with E-state index in [0.717, 1.165) is 16.9 Å². The average Bonchev–Trinajstić information content (AvgIpc) is 2.44. The molecule has 0 saturated carbocycles. The first kappa shape index (κ1) is 16.5. The molecule has 5 heteroatoms. The second-order valence-electron chi connectivity index (χ2n) is 4.86. The Bertz CT molecular complexity index is 449. The first-order valence-corrected chi connectivity index (χ1v) is 6.69. The Morgan fingerprint density at radius 3 is 2.70 bits per heavy atom. The number of aryl methyl sites for hydroxylation is 1. The molecule has 0 spiro atoms. The molecule has 1 rings (SSSR count). The number of carbonyl (C=O) groups is 1. The van der Waals surface area contributed by atoms with E-state index in [9.17, 15) is 4.79 Å². The monoisotopic (exact) mass is 280 g/mol. The van der Waals surface area contributed by atoms with E-state index in [1.165, 1.54) is 0 Å². The van der Waals surface area contributed by atoms with Gasteiger partial charge in [0.15, 0.2) is 0 Å². The molecule has 2 unspecified atom stereocenters. The molecule has 5 nitrogen and oxygen atoms in total. The summed E-state index contributed by atoms with van der Waals surface area (Å²) in [6.45, 7) is 4.39. The molecule has 20 heavy (non-hydrogen) atoms. The maximum Gasteiger partial charge on any atom is 0.237 e. The van der Waals surface area contributed by atoms with Gasteiger partial charge in [0.2, 0.25) is 5.91 Å². The van der Waals surface area contributed by atoms with Crippen molar-refractivity contribution in [3.05, 3.63) is 29.3 Å². The van der Waals surface area contributed by atoms with Crippen molar-refractivity contribution < 1.29 is 14.3 Å². The molecule has 0 saturated heterocycles. The van der Waals surface area contributed by atoms with Crippen LogP contribution in [0.1, 0.15) is 30.5 Å². The van der Waals surface area contributed by atoms with Crippen LogP contribution in [-0.2, 0) is 9.53 Å². The van der Waals surface area contributed by atoms with Gasteiger partial charge in [0.1, 0.15) is 5.75 Å². The fourth-order valence-electron chi connectivity index (χ4n) is 1.97. The van der Waals surface area contributed by atoms with Crippen molar-refractivity contribution in [3.8, 4) is 5.75 Å². The van der Waals surface area contributed by atoms with E-state index >= 15 is 0 Å². The molecule has 1 amide bonds. The van der Waals surface area contributed by atoms with E-state index in [1.54, 1.807) is 14.2 Å². The molecular formula is C15H24N2O3. The Kier molecular flexibility index (Phi) is 6.48. The van der Waals surface area contributed by atoms with Crippen molar-refractivity contribution >= 4 is 5.91 Å². The largest absolute Gasteiger partial charge is 0.496 e. The summed E-state index contributed by atoms with van der Waals surface area (Å²) in [6.07, 6.45) is 0.500. The summed E-state index contributed by atoms with van der Waals surface area (Å²) in [5.41, 5.74) is 7.87. The number of amides is 1. The van der Waals surface area contributed by atoms with Crippen LogP contribution in [0, 0.1) is 6.92 Å². The number of methoxy groups -OCH3 is 2. The minimum Gasteiger partial charge on any atom is -0.496 e. The fraction of sp³-hybridized carbons (Fsp3) is 0.533. The van der Waals surface area contributed by atoms with Gasteiger partial charge in [-0.1, -0.05) is 17.7 Å². The van der Waals surface area contributed by atoms with Gasteiger partial charge in [-0.2, -0.15) is 0 Å². The topological polar surface area (TPSA) is 73.6 Å². The number of carbonyl (C=O) groups excluding carboxylic acids is 1. The molecule has 112 valence electrons. The van der Waals surface area contributed by atoms with E-state index in [-0.39, 0.29) is 11.9 Å². The van der Waals surface area contributed by atoms with Gasteiger partial charge in [0, 0.05) is 19.3 Å². The maximum atomic E-state index is 12.0. The third-order valence-corrected chi connectivity index (χ3v) is 3.18. The highest BCUT2D eigenvalue weighted by Gasteiger charge is 2.18. The zero-order chi connectivity index (χ0) is 15.1. The van der Waals surface area contributed by atoms with Gasteiger partial charge in [-0.15, -0.1) is 0 Å². The highest BCUT2D eigenvalue weighted by atomic mass is 16.5. The van der Waals surface area contributed by atoms with Gasteiger partial charge >= 0.3 is 0 Å². The van der Waals surface area contributed by atoms with Crippen LogP contribution >= 0.6 is 0 Å². The lowest BCUT2D eigenvalue weighted by atomic mass is 10.0. The summed E-state index contributed by atoms with van der Waals surface area (Å²) in [5.74, 6) is 0.576.